The van der Waals surface area contributed by atoms with Crippen LogP contribution >= 0.6 is 0 Å². The first-order valence-electron chi connectivity index (χ1n) is 6.50. The molecule has 20 heavy (non-hydrogen) atoms. The molecule has 3 rings (SSSR count). The van der Waals surface area contributed by atoms with E-state index >= 15 is 0 Å². The van der Waals surface area contributed by atoms with Crippen molar-refractivity contribution in [2.45, 2.75) is 19.4 Å². The van der Waals surface area contributed by atoms with Crippen LogP contribution in [0.15, 0.2) is 42.9 Å². The molecule has 100 valence electrons. The third-order valence-electron chi connectivity index (χ3n) is 3.48. The topological polar surface area (TPSA) is 70.7 Å². The third kappa shape index (κ3) is 2.41. The quantitative estimate of drug-likeness (QED) is 0.922. The molecule has 5 heteroatoms. The van der Waals surface area contributed by atoms with Gasteiger partial charge < -0.3 is 9.88 Å². The predicted octanol–water partition coefficient (Wildman–Crippen LogP) is 2.17. The lowest BCUT2D eigenvalue weighted by Gasteiger charge is -2.05. The number of nitrogens with one attached hydrogen (secondary N) is 1. The highest BCUT2D eigenvalue weighted by atomic mass is 16.2. The molecule has 1 aromatic carbocycles. The summed E-state index contributed by atoms with van der Waals surface area (Å²) in [5.41, 5.74) is 0.349. The van der Waals surface area contributed by atoms with E-state index < -0.39 is 5.41 Å². The largest absolute Gasteiger partial charge is 0.331 e. The van der Waals surface area contributed by atoms with Gasteiger partial charge in [-0.25, -0.2) is 4.98 Å². The lowest BCUT2D eigenvalue weighted by Crippen LogP contribution is -2.22. The molecule has 0 aliphatic heterocycles. The Balaban J connectivity index is 1.66. The van der Waals surface area contributed by atoms with Crippen molar-refractivity contribution in [2.75, 3.05) is 5.32 Å². The van der Waals surface area contributed by atoms with Gasteiger partial charge in [-0.2, -0.15) is 5.26 Å². The van der Waals surface area contributed by atoms with E-state index in [9.17, 15) is 4.79 Å². The van der Waals surface area contributed by atoms with Crippen molar-refractivity contribution in [3.8, 4) is 6.07 Å². The first-order chi connectivity index (χ1) is 9.72. The van der Waals surface area contributed by atoms with Crippen LogP contribution in [0.2, 0.25) is 0 Å². The molecule has 1 amide bonds. The van der Waals surface area contributed by atoms with Crippen molar-refractivity contribution in [3.63, 3.8) is 0 Å². The molecular weight excluding hydrogens is 252 g/mol. The number of rotatable bonds is 4. The highest BCUT2D eigenvalue weighted by Crippen LogP contribution is 2.45. The minimum absolute atomic E-state index is 0.245. The number of carbonyl (C=O) groups excluding carboxylic acids is 1. The smallest absolute Gasteiger partial charge is 0.246 e. The summed E-state index contributed by atoms with van der Waals surface area (Å²) in [6, 6.07) is 12.1. The highest BCUT2D eigenvalue weighted by Gasteiger charge is 2.50. The predicted molar refractivity (Wildman–Crippen MR) is 73.7 cm³/mol. The van der Waals surface area contributed by atoms with E-state index in [-0.39, 0.29) is 5.91 Å². The highest BCUT2D eigenvalue weighted by molar-refractivity contribution is 5.98. The Morgan fingerprint density at radius 1 is 1.40 bits per heavy atom. The van der Waals surface area contributed by atoms with Crippen molar-refractivity contribution in [1.82, 2.24) is 9.55 Å². The van der Waals surface area contributed by atoms with Crippen molar-refractivity contribution in [2.24, 2.45) is 5.41 Å². The van der Waals surface area contributed by atoms with Crippen LogP contribution < -0.4 is 5.32 Å². The Morgan fingerprint density at radius 3 is 2.80 bits per heavy atom. The van der Waals surface area contributed by atoms with Gasteiger partial charge in [0, 0.05) is 12.7 Å². The second-order valence-electron chi connectivity index (χ2n) is 5.06. The van der Waals surface area contributed by atoms with Gasteiger partial charge in [0.25, 0.3) is 0 Å². The van der Waals surface area contributed by atoms with Gasteiger partial charge in [-0.3, -0.25) is 4.79 Å². The molecule has 2 aromatic rings. The number of anilines is 1. The Hall–Kier alpha value is -2.61. The van der Waals surface area contributed by atoms with Crippen LogP contribution in [0.3, 0.4) is 0 Å². The summed E-state index contributed by atoms with van der Waals surface area (Å²) in [4.78, 5) is 16.1. The second-order valence-corrected chi connectivity index (χ2v) is 5.06. The second kappa shape index (κ2) is 4.82. The van der Waals surface area contributed by atoms with Gasteiger partial charge in [-0.05, 0) is 18.4 Å². The number of imidazole rings is 1. The molecule has 1 aliphatic rings. The number of carbonyl (C=O) groups is 1. The number of hydrogen-bond acceptors (Lipinski definition) is 3. The minimum atomic E-state index is -0.816. The third-order valence-corrected chi connectivity index (χ3v) is 3.48. The van der Waals surface area contributed by atoms with E-state index in [1.807, 2.05) is 34.9 Å². The normalized spacial score (nSPS) is 15.3. The molecule has 0 radical (unpaired) electrons. The van der Waals surface area contributed by atoms with Crippen LogP contribution in [0.5, 0.6) is 0 Å². The average Bonchev–Trinajstić information content (AvgIpc) is 3.17. The van der Waals surface area contributed by atoms with Crippen molar-refractivity contribution in [3.05, 3.63) is 48.4 Å². The van der Waals surface area contributed by atoms with Crippen molar-refractivity contribution < 1.29 is 4.79 Å². The first kappa shape index (κ1) is 12.4. The van der Waals surface area contributed by atoms with Crippen LogP contribution in [-0.2, 0) is 11.3 Å². The fourth-order valence-electron chi connectivity index (χ4n) is 2.06. The Morgan fingerprint density at radius 2 is 2.15 bits per heavy atom. The minimum Gasteiger partial charge on any atom is -0.331 e. The van der Waals surface area contributed by atoms with E-state index in [0.717, 1.165) is 0 Å². The van der Waals surface area contributed by atoms with Gasteiger partial charge in [-0.1, -0.05) is 30.3 Å². The van der Waals surface area contributed by atoms with Gasteiger partial charge in [-0.15, -0.1) is 0 Å². The average molecular weight is 266 g/mol. The van der Waals surface area contributed by atoms with Crippen LogP contribution in [0.4, 0.5) is 5.82 Å². The number of nitrogens with zero attached hydrogens (tertiary/aromatic N) is 3. The lowest BCUT2D eigenvalue weighted by molar-refractivity contribution is -0.119. The van der Waals surface area contributed by atoms with Gasteiger partial charge in [0.05, 0.1) is 12.4 Å². The maximum atomic E-state index is 11.9. The van der Waals surface area contributed by atoms with Crippen molar-refractivity contribution in [1.29, 1.82) is 5.26 Å². The lowest BCUT2D eigenvalue weighted by atomic mass is 10.1. The molecule has 1 aromatic heterocycles. The summed E-state index contributed by atoms with van der Waals surface area (Å²) in [6.07, 6.45) is 4.73. The zero-order chi connectivity index (χ0) is 14.0. The summed E-state index contributed by atoms with van der Waals surface area (Å²) in [7, 11) is 0. The van der Waals surface area contributed by atoms with Crippen molar-refractivity contribution >= 4 is 11.7 Å². The number of nitriles is 1. The summed E-state index contributed by atoms with van der Waals surface area (Å²) >= 11 is 0. The Bertz CT molecular complexity index is 665. The number of benzene rings is 1. The fourth-order valence-corrected chi connectivity index (χ4v) is 2.06. The van der Waals surface area contributed by atoms with Crippen LogP contribution in [0, 0.1) is 16.7 Å². The molecule has 0 atom stereocenters. The molecule has 1 saturated carbocycles. The summed E-state index contributed by atoms with van der Waals surface area (Å²) in [5.74, 6) is 0.248. The van der Waals surface area contributed by atoms with Crippen LogP contribution in [0.25, 0.3) is 0 Å². The van der Waals surface area contributed by atoms with Crippen LogP contribution in [-0.4, -0.2) is 15.5 Å². The maximum Gasteiger partial charge on any atom is 0.246 e. The standard InChI is InChI=1S/C15H14N4O/c16-10-15(6-7-15)14(20)18-13-9-19(11-17-13)8-12-4-2-1-3-5-12/h1-5,9,11H,6-8H2,(H,18,20). The first-order valence-corrected chi connectivity index (χ1v) is 6.50. The zero-order valence-electron chi connectivity index (χ0n) is 10.9. The zero-order valence-corrected chi connectivity index (χ0v) is 10.9. The summed E-state index contributed by atoms with van der Waals surface area (Å²) in [6.45, 7) is 0.701. The molecule has 0 unspecified atom stereocenters. The molecule has 0 bridgehead atoms. The Labute approximate surface area is 116 Å². The molecule has 1 N–H and O–H groups in total. The van der Waals surface area contributed by atoms with E-state index in [1.54, 1.807) is 12.5 Å². The van der Waals surface area contributed by atoms with Crippen LogP contribution in [0.1, 0.15) is 18.4 Å². The molecule has 0 spiro atoms. The van der Waals surface area contributed by atoms with Gasteiger partial charge in [0.1, 0.15) is 5.41 Å². The summed E-state index contributed by atoms with van der Waals surface area (Å²) < 4.78 is 1.90. The van der Waals surface area contributed by atoms with E-state index in [4.69, 9.17) is 5.26 Å². The molecule has 0 saturated heterocycles. The van der Waals surface area contributed by atoms with Gasteiger partial charge >= 0.3 is 0 Å². The molecule has 5 nitrogen and oxygen atoms in total. The van der Waals surface area contributed by atoms with E-state index in [1.165, 1.54) is 5.56 Å². The number of hydrogen-bond donors (Lipinski definition) is 1. The monoisotopic (exact) mass is 266 g/mol. The Kier molecular flexibility index (Phi) is 2.99. The van der Waals surface area contributed by atoms with Gasteiger partial charge in [0.2, 0.25) is 5.91 Å². The number of amides is 1. The molecule has 1 heterocycles. The summed E-state index contributed by atoms with van der Waals surface area (Å²) in [5, 5.41) is 11.7. The molecular formula is C15H14N4O. The molecule has 1 fully saturated rings. The SMILES string of the molecule is N#CC1(C(=O)Nc2cn(Cc3ccccc3)cn2)CC1. The molecule has 1 aliphatic carbocycles. The number of aromatic nitrogens is 2. The van der Waals surface area contributed by atoms with E-state index in [0.29, 0.717) is 25.2 Å². The van der Waals surface area contributed by atoms with Gasteiger partial charge in [0.15, 0.2) is 5.82 Å². The fraction of sp³-hybridized carbons (Fsp3) is 0.267. The maximum absolute atomic E-state index is 11.9. The van der Waals surface area contributed by atoms with E-state index in [2.05, 4.69) is 16.4 Å².